The van der Waals surface area contributed by atoms with Crippen LogP contribution in [0, 0.1) is 0 Å². The molecule has 1 heterocycles. The van der Waals surface area contributed by atoms with Crippen LogP contribution in [-0.2, 0) is 21.6 Å². The molecule has 1 atom stereocenters. The number of nitrogens with zero attached hydrogens (tertiary/aromatic N) is 1. The number of carbonyl (C=O) groups excluding carboxylic acids is 1. The Kier molecular flexibility index (Phi) is 6.16. The number of amides is 1. The van der Waals surface area contributed by atoms with Gasteiger partial charge < -0.3 is 14.8 Å². The monoisotopic (exact) mass is 394 g/mol. The van der Waals surface area contributed by atoms with E-state index in [4.69, 9.17) is 9.47 Å². The van der Waals surface area contributed by atoms with Crippen molar-refractivity contribution in [1.29, 1.82) is 0 Å². The molecule has 2 aromatic carbocycles. The van der Waals surface area contributed by atoms with Crippen LogP contribution in [-0.4, -0.2) is 32.5 Å². The molecule has 1 aliphatic heterocycles. The molecule has 5 heteroatoms. The van der Waals surface area contributed by atoms with E-state index >= 15 is 0 Å². The van der Waals surface area contributed by atoms with Crippen LogP contribution in [0.4, 0.5) is 10.5 Å². The van der Waals surface area contributed by atoms with Crippen molar-refractivity contribution in [1.82, 2.24) is 5.32 Å². The zero-order valence-electron chi connectivity index (χ0n) is 17.1. The maximum absolute atomic E-state index is 12.2. The summed E-state index contributed by atoms with van der Waals surface area (Å²) < 4.78 is 10.5. The smallest absolute Gasteiger partial charge is 0.414 e. The topological polar surface area (TPSA) is 50.8 Å². The average molecular weight is 395 g/mol. The molecule has 1 amide bonds. The first kappa shape index (κ1) is 19.9. The van der Waals surface area contributed by atoms with Gasteiger partial charge >= 0.3 is 6.09 Å². The third kappa shape index (κ3) is 4.46. The Labute approximate surface area is 173 Å². The Balaban J connectivity index is 1.50. The van der Waals surface area contributed by atoms with Crippen LogP contribution in [0.3, 0.4) is 0 Å². The van der Waals surface area contributed by atoms with E-state index in [9.17, 15) is 4.79 Å². The molecular formula is C24H30N2O3. The van der Waals surface area contributed by atoms with E-state index in [0.717, 1.165) is 25.1 Å². The third-order valence-corrected chi connectivity index (χ3v) is 6.14. The highest BCUT2D eigenvalue weighted by Crippen LogP contribution is 2.38. The molecule has 0 spiro atoms. The van der Waals surface area contributed by atoms with Crippen LogP contribution in [0.5, 0.6) is 0 Å². The zero-order valence-corrected chi connectivity index (χ0v) is 17.1. The second-order valence-electron chi connectivity index (χ2n) is 8.10. The van der Waals surface area contributed by atoms with Crippen LogP contribution in [0.25, 0.3) is 0 Å². The fourth-order valence-electron chi connectivity index (χ4n) is 4.56. The van der Waals surface area contributed by atoms with Crippen LogP contribution >= 0.6 is 0 Å². The molecule has 1 saturated heterocycles. The average Bonchev–Trinajstić information content (AvgIpc) is 3.14. The summed E-state index contributed by atoms with van der Waals surface area (Å²) in [7, 11) is 1.62. The van der Waals surface area contributed by atoms with Crippen molar-refractivity contribution >= 4 is 11.8 Å². The molecule has 154 valence electrons. The molecular weight excluding hydrogens is 364 g/mol. The van der Waals surface area contributed by atoms with Gasteiger partial charge in [-0.3, -0.25) is 4.90 Å². The number of ether oxygens (including phenoxy) is 2. The second kappa shape index (κ2) is 8.97. The molecule has 1 aliphatic carbocycles. The van der Waals surface area contributed by atoms with Gasteiger partial charge in [0.25, 0.3) is 0 Å². The van der Waals surface area contributed by atoms with Gasteiger partial charge in [0.05, 0.1) is 13.2 Å². The molecule has 0 bridgehead atoms. The number of rotatable bonds is 7. The lowest BCUT2D eigenvalue weighted by molar-refractivity contribution is 0.0718. The summed E-state index contributed by atoms with van der Waals surface area (Å²) in [4.78, 5) is 13.9. The summed E-state index contributed by atoms with van der Waals surface area (Å²) in [6.07, 6.45) is 5.55. The number of methoxy groups -OCH3 is 1. The maximum Gasteiger partial charge on any atom is 0.414 e. The minimum Gasteiger partial charge on any atom is -0.441 e. The van der Waals surface area contributed by atoms with Crippen LogP contribution in [0.1, 0.15) is 43.2 Å². The largest absolute Gasteiger partial charge is 0.441 e. The van der Waals surface area contributed by atoms with Crippen LogP contribution in [0.15, 0.2) is 54.6 Å². The van der Waals surface area contributed by atoms with Crippen molar-refractivity contribution < 1.29 is 14.3 Å². The maximum atomic E-state index is 12.2. The number of carbonyl (C=O) groups is 1. The molecule has 2 aromatic rings. The van der Waals surface area contributed by atoms with Gasteiger partial charge in [0.15, 0.2) is 0 Å². The van der Waals surface area contributed by atoms with Gasteiger partial charge in [0.2, 0.25) is 0 Å². The van der Waals surface area contributed by atoms with Gasteiger partial charge in [-0.2, -0.15) is 0 Å². The lowest BCUT2D eigenvalue weighted by Gasteiger charge is -2.39. The summed E-state index contributed by atoms with van der Waals surface area (Å²) in [6.45, 7) is 1.82. The minimum absolute atomic E-state index is 0.00325. The number of benzene rings is 2. The highest BCUT2D eigenvalue weighted by Gasteiger charge is 2.35. The summed E-state index contributed by atoms with van der Waals surface area (Å²) >= 11 is 0. The quantitative estimate of drug-likeness (QED) is 0.745. The lowest BCUT2D eigenvalue weighted by Crippen LogP contribution is -2.43. The lowest BCUT2D eigenvalue weighted by atomic mass is 9.76. The van der Waals surface area contributed by atoms with Crippen molar-refractivity contribution in [3.8, 4) is 0 Å². The number of hydrogen-bond acceptors (Lipinski definition) is 4. The Morgan fingerprint density at radius 2 is 1.79 bits per heavy atom. The molecule has 4 rings (SSSR count). The first-order chi connectivity index (χ1) is 14.2. The molecule has 1 saturated carbocycles. The van der Waals surface area contributed by atoms with Gasteiger partial charge in [-0.15, -0.1) is 0 Å². The number of hydrogen-bond donors (Lipinski definition) is 1. The fraction of sp³-hybridized carbons (Fsp3) is 0.458. The Morgan fingerprint density at radius 1 is 1.07 bits per heavy atom. The Bertz CT molecular complexity index is 801. The van der Waals surface area contributed by atoms with Crippen LogP contribution in [0.2, 0.25) is 0 Å². The molecule has 0 radical (unpaired) electrons. The fourth-order valence-corrected chi connectivity index (χ4v) is 4.56. The minimum atomic E-state index is -0.297. The predicted octanol–water partition coefficient (Wildman–Crippen LogP) is 4.61. The van der Waals surface area contributed by atoms with Crippen molar-refractivity contribution in [3.05, 3.63) is 65.7 Å². The Morgan fingerprint density at radius 3 is 2.48 bits per heavy atom. The summed E-state index contributed by atoms with van der Waals surface area (Å²) in [5, 5.41) is 3.87. The Hall–Kier alpha value is -2.37. The molecule has 1 N–H and O–H groups in total. The molecule has 29 heavy (non-hydrogen) atoms. The second-order valence-corrected chi connectivity index (χ2v) is 8.10. The molecule has 2 fully saturated rings. The molecule has 0 aromatic heterocycles. The van der Waals surface area contributed by atoms with Gasteiger partial charge in [0.1, 0.15) is 6.10 Å². The standard InChI is InChI=1S/C24H30N2O3/c1-28-18-22-17-26(23(27)29-22)21-12-10-20(11-13-21)24(14-6-3-7-15-24)25-16-19-8-4-2-5-9-19/h2,4-5,8-13,22,25H,3,6-7,14-18H2,1H3/t22-/m0/s1. The highest BCUT2D eigenvalue weighted by molar-refractivity contribution is 5.89. The van der Waals surface area contributed by atoms with Crippen LogP contribution < -0.4 is 10.2 Å². The van der Waals surface area contributed by atoms with Crippen molar-refractivity contribution in [2.24, 2.45) is 0 Å². The van der Waals surface area contributed by atoms with Gasteiger partial charge in [0, 0.05) is 24.9 Å². The van der Waals surface area contributed by atoms with E-state index in [1.165, 1.54) is 30.4 Å². The highest BCUT2D eigenvalue weighted by atomic mass is 16.6. The summed E-state index contributed by atoms with van der Waals surface area (Å²) in [5.41, 5.74) is 3.49. The van der Waals surface area contributed by atoms with Gasteiger partial charge in [-0.1, -0.05) is 61.7 Å². The molecule has 5 nitrogen and oxygen atoms in total. The molecule has 2 aliphatic rings. The summed E-state index contributed by atoms with van der Waals surface area (Å²) in [5.74, 6) is 0. The SMILES string of the molecule is COC[C@@H]1CN(c2ccc(C3(NCc4ccccc4)CCCCC3)cc2)C(=O)O1. The molecule has 0 unspecified atom stereocenters. The van der Waals surface area contributed by atoms with E-state index in [0.29, 0.717) is 13.2 Å². The van der Waals surface area contributed by atoms with Crippen molar-refractivity contribution in [2.75, 3.05) is 25.2 Å². The summed E-state index contributed by atoms with van der Waals surface area (Å²) in [6, 6.07) is 19.0. The van der Waals surface area contributed by atoms with E-state index in [1.807, 2.05) is 12.1 Å². The number of cyclic esters (lactones) is 1. The number of anilines is 1. The first-order valence-electron chi connectivity index (χ1n) is 10.6. The normalized spacial score (nSPS) is 21.2. The van der Waals surface area contributed by atoms with E-state index in [2.05, 4.69) is 47.8 Å². The first-order valence-corrected chi connectivity index (χ1v) is 10.6. The van der Waals surface area contributed by atoms with Gasteiger partial charge in [-0.05, 0) is 36.1 Å². The van der Waals surface area contributed by atoms with Crippen molar-refractivity contribution in [2.45, 2.75) is 50.3 Å². The predicted molar refractivity (Wildman–Crippen MR) is 114 cm³/mol. The van der Waals surface area contributed by atoms with Crippen molar-refractivity contribution in [3.63, 3.8) is 0 Å². The van der Waals surface area contributed by atoms with E-state index < -0.39 is 0 Å². The van der Waals surface area contributed by atoms with Gasteiger partial charge in [-0.25, -0.2) is 4.79 Å². The zero-order chi connectivity index (χ0) is 20.1. The number of nitrogens with one attached hydrogen (secondary N) is 1. The third-order valence-electron chi connectivity index (χ3n) is 6.14. The van der Waals surface area contributed by atoms with E-state index in [-0.39, 0.29) is 17.7 Å². The van der Waals surface area contributed by atoms with E-state index in [1.54, 1.807) is 12.0 Å².